The van der Waals surface area contributed by atoms with Gasteiger partial charge in [0.15, 0.2) is 0 Å². The van der Waals surface area contributed by atoms with Crippen LogP contribution in [0.3, 0.4) is 0 Å². The normalized spacial score (nSPS) is 11.9. The van der Waals surface area contributed by atoms with E-state index < -0.39 is 0 Å². The summed E-state index contributed by atoms with van der Waals surface area (Å²) in [5.74, 6) is -0.328. The van der Waals surface area contributed by atoms with Crippen molar-refractivity contribution in [1.82, 2.24) is 0 Å². The molecule has 0 bridgehead atoms. The van der Waals surface area contributed by atoms with Gasteiger partial charge in [0, 0.05) is 16.1 Å². The van der Waals surface area contributed by atoms with E-state index in [9.17, 15) is 4.39 Å². The van der Waals surface area contributed by atoms with Crippen LogP contribution in [0.2, 0.25) is 5.02 Å². The van der Waals surface area contributed by atoms with Crippen LogP contribution in [0.15, 0.2) is 17.7 Å². The zero-order valence-corrected chi connectivity index (χ0v) is 8.90. The predicted molar refractivity (Wildman–Crippen MR) is 56.9 cm³/mol. The largest absolute Gasteiger partial charge is 0.392 e. The molecule has 0 aliphatic rings. The smallest absolute Gasteiger partial charge is 0.134 e. The highest BCUT2D eigenvalue weighted by atomic mass is 35.5. The quantitative estimate of drug-likeness (QED) is 0.802. The maximum absolute atomic E-state index is 13.5. The SMILES string of the molecule is CC(=Cc1ccc(Cl)c(C)c1F)CO. The summed E-state index contributed by atoms with van der Waals surface area (Å²) in [5.41, 5.74) is 1.61. The van der Waals surface area contributed by atoms with Gasteiger partial charge in [0.05, 0.1) is 6.61 Å². The first-order chi connectivity index (χ1) is 6.56. The average Bonchev–Trinajstić information content (AvgIpc) is 2.19. The monoisotopic (exact) mass is 214 g/mol. The van der Waals surface area contributed by atoms with Crippen molar-refractivity contribution in [3.63, 3.8) is 0 Å². The van der Waals surface area contributed by atoms with Crippen molar-refractivity contribution in [1.29, 1.82) is 0 Å². The molecular weight excluding hydrogens is 203 g/mol. The van der Waals surface area contributed by atoms with Gasteiger partial charge in [-0.25, -0.2) is 4.39 Å². The summed E-state index contributed by atoms with van der Waals surface area (Å²) in [6, 6.07) is 3.25. The second kappa shape index (κ2) is 4.58. The van der Waals surface area contributed by atoms with Gasteiger partial charge in [-0.15, -0.1) is 0 Å². The fourth-order valence-corrected chi connectivity index (χ4v) is 1.25. The lowest BCUT2D eigenvalue weighted by Crippen LogP contribution is -1.91. The molecule has 1 nitrogen and oxygen atoms in total. The number of hydrogen-bond donors (Lipinski definition) is 1. The topological polar surface area (TPSA) is 20.2 Å². The van der Waals surface area contributed by atoms with E-state index in [0.29, 0.717) is 21.7 Å². The fraction of sp³-hybridized carbons (Fsp3) is 0.273. The highest BCUT2D eigenvalue weighted by molar-refractivity contribution is 6.31. The van der Waals surface area contributed by atoms with Gasteiger partial charge in [-0.1, -0.05) is 23.7 Å². The third-order valence-corrected chi connectivity index (χ3v) is 2.41. The van der Waals surface area contributed by atoms with E-state index in [4.69, 9.17) is 16.7 Å². The Morgan fingerprint density at radius 3 is 2.79 bits per heavy atom. The maximum Gasteiger partial charge on any atom is 0.134 e. The predicted octanol–water partition coefficient (Wildman–Crippen LogP) is 3.18. The third-order valence-electron chi connectivity index (χ3n) is 2.00. The van der Waals surface area contributed by atoms with E-state index in [-0.39, 0.29) is 12.4 Å². The summed E-state index contributed by atoms with van der Waals surface area (Å²) in [5, 5.41) is 9.21. The summed E-state index contributed by atoms with van der Waals surface area (Å²) in [6.07, 6.45) is 1.61. The van der Waals surface area contributed by atoms with Crippen LogP contribution in [-0.4, -0.2) is 11.7 Å². The Hall–Kier alpha value is -0.860. The van der Waals surface area contributed by atoms with Crippen molar-refractivity contribution in [3.8, 4) is 0 Å². The van der Waals surface area contributed by atoms with Crippen LogP contribution in [0, 0.1) is 12.7 Å². The molecule has 0 radical (unpaired) electrons. The number of rotatable bonds is 2. The number of aliphatic hydroxyl groups excluding tert-OH is 1. The van der Waals surface area contributed by atoms with Gasteiger partial charge in [-0.2, -0.15) is 0 Å². The van der Waals surface area contributed by atoms with Crippen LogP contribution in [0.5, 0.6) is 0 Å². The fourth-order valence-electron chi connectivity index (χ4n) is 1.11. The second-order valence-corrected chi connectivity index (χ2v) is 3.63. The molecule has 0 aliphatic carbocycles. The van der Waals surface area contributed by atoms with Crippen molar-refractivity contribution in [2.75, 3.05) is 6.61 Å². The number of halogens is 2. The summed E-state index contributed by atoms with van der Waals surface area (Å²) in [7, 11) is 0. The summed E-state index contributed by atoms with van der Waals surface area (Å²) in [4.78, 5) is 0. The standard InChI is InChI=1S/C11H12ClFO/c1-7(6-14)5-9-3-4-10(12)8(2)11(9)13/h3-5,14H,6H2,1-2H3. The molecule has 0 spiro atoms. The van der Waals surface area contributed by atoms with Gasteiger partial charge in [-0.05, 0) is 25.5 Å². The molecule has 76 valence electrons. The first kappa shape index (κ1) is 11.2. The number of aliphatic hydroxyl groups is 1. The molecule has 3 heteroatoms. The molecule has 1 rings (SSSR count). The maximum atomic E-state index is 13.5. The Morgan fingerprint density at radius 1 is 1.57 bits per heavy atom. The van der Waals surface area contributed by atoms with E-state index >= 15 is 0 Å². The Balaban J connectivity index is 3.18. The highest BCUT2D eigenvalue weighted by Crippen LogP contribution is 2.22. The molecule has 0 fully saturated rings. The Labute approximate surface area is 87.8 Å². The van der Waals surface area contributed by atoms with Gasteiger partial charge < -0.3 is 5.11 Å². The van der Waals surface area contributed by atoms with Crippen LogP contribution < -0.4 is 0 Å². The van der Waals surface area contributed by atoms with E-state index in [2.05, 4.69) is 0 Å². The molecule has 0 atom stereocenters. The van der Waals surface area contributed by atoms with E-state index in [1.54, 1.807) is 32.1 Å². The van der Waals surface area contributed by atoms with Gasteiger partial charge in [0.1, 0.15) is 5.82 Å². The van der Waals surface area contributed by atoms with Crippen molar-refractivity contribution < 1.29 is 9.50 Å². The minimum Gasteiger partial charge on any atom is -0.392 e. The molecule has 0 aromatic heterocycles. The van der Waals surface area contributed by atoms with Crippen molar-refractivity contribution >= 4 is 17.7 Å². The molecule has 0 saturated carbocycles. The molecule has 1 N–H and O–H groups in total. The van der Waals surface area contributed by atoms with Crippen LogP contribution in [0.1, 0.15) is 18.1 Å². The van der Waals surface area contributed by atoms with Gasteiger partial charge in [0.2, 0.25) is 0 Å². The first-order valence-corrected chi connectivity index (χ1v) is 4.66. The third kappa shape index (κ3) is 2.34. The van der Waals surface area contributed by atoms with E-state index in [1.807, 2.05) is 0 Å². The zero-order valence-electron chi connectivity index (χ0n) is 8.14. The summed E-state index contributed by atoms with van der Waals surface area (Å²) < 4.78 is 13.5. The lowest BCUT2D eigenvalue weighted by Gasteiger charge is -2.04. The molecule has 0 heterocycles. The Morgan fingerprint density at radius 2 is 2.21 bits per heavy atom. The number of benzene rings is 1. The van der Waals surface area contributed by atoms with Gasteiger partial charge in [-0.3, -0.25) is 0 Å². The summed E-state index contributed by atoms with van der Waals surface area (Å²) in [6.45, 7) is 3.30. The lowest BCUT2D eigenvalue weighted by atomic mass is 10.1. The van der Waals surface area contributed by atoms with Gasteiger partial charge in [0.25, 0.3) is 0 Å². The minimum atomic E-state index is -0.328. The van der Waals surface area contributed by atoms with Crippen molar-refractivity contribution in [2.45, 2.75) is 13.8 Å². The van der Waals surface area contributed by atoms with Crippen molar-refractivity contribution in [2.24, 2.45) is 0 Å². The zero-order chi connectivity index (χ0) is 10.7. The Kier molecular flexibility index (Phi) is 3.67. The molecule has 1 aromatic carbocycles. The average molecular weight is 215 g/mol. The number of hydrogen-bond acceptors (Lipinski definition) is 1. The molecule has 0 amide bonds. The molecule has 0 unspecified atom stereocenters. The van der Waals surface area contributed by atoms with E-state index in [0.717, 1.165) is 0 Å². The van der Waals surface area contributed by atoms with Gasteiger partial charge >= 0.3 is 0 Å². The second-order valence-electron chi connectivity index (χ2n) is 3.22. The van der Waals surface area contributed by atoms with Crippen LogP contribution in [-0.2, 0) is 0 Å². The van der Waals surface area contributed by atoms with Crippen LogP contribution in [0.4, 0.5) is 4.39 Å². The Bertz CT molecular complexity index is 372. The van der Waals surface area contributed by atoms with Crippen LogP contribution >= 0.6 is 11.6 Å². The minimum absolute atomic E-state index is 0.0683. The summed E-state index contributed by atoms with van der Waals surface area (Å²) >= 11 is 5.75. The van der Waals surface area contributed by atoms with E-state index in [1.165, 1.54) is 0 Å². The highest BCUT2D eigenvalue weighted by Gasteiger charge is 2.06. The van der Waals surface area contributed by atoms with Crippen LogP contribution in [0.25, 0.3) is 6.08 Å². The van der Waals surface area contributed by atoms with Crippen molar-refractivity contribution in [3.05, 3.63) is 39.7 Å². The molecule has 14 heavy (non-hydrogen) atoms. The molecule has 0 aliphatic heterocycles. The first-order valence-electron chi connectivity index (χ1n) is 4.29. The molecule has 0 saturated heterocycles. The lowest BCUT2D eigenvalue weighted by molar-refractivity contribution is 0.332. The molecular formula is C11H12ClFO. The molecule has 1 aromatic rings.